The molecule has 0 unspecified atom stereocenters. The van der Waals surface area contributed by atoms with Gasteiger partial charge < -0.3 is 10.2 Å². The molecule has 1 atom stereocenters. The van der Waals surface area contributed by atoms with Crippen molar-refractivity contribution in [3.8, 4) is 0 Å². The molecule has 0 aliphatic carbocycles. The van der Waals surface area contributed by atoms with E-state index < -0.39 is 0 Å². The lowest BCUT2D eigenvalue weighted by atomic mass is 10.1. The fourth-order valence-corrected chi connectivity index (χ4v) is 2.61. The Morgan fingerprint density at radius 2 is 2.05 bits per heavy atom. The van der Waals surface area contributed by atoms with Crippen molar-refractivity contribution in [1.82, 2.24) is 10.2 Å². The number of hydrogen-bond acceptors (Lipinski definition) is 3. The maximum absolute atomic E-state index is 12.3. The maximum atomic E-state index is 12.3. The van der Waals surface area contributed by atoms with Gasteiger partial charge in [-0.25, -0.2) is 0 Å². The third-order valence-electron chi connectivity index (χ3n) is 3.11. The summed E-state index contributed by atoms with van der Waals surface area (Å²) in [5.74, 6) is 0.828. The predicted octanol–water partition coefficient (Wildman–Crippen LogP) is 1.27. The highest BCUT2D eigenvalue weighted by molar-refractivity contribution is 7.98. The van der Waals surface area contributed by atoms with E-state index >= 15 is 0 Å². The molecule has 19 heavy (non-hydrogen) atoms. The molecule has 0 aromatic heterocycles. The number of nitrogens with zero attached hydrogens (tertiary/aromatic N) is 1. The zero-order chi connectivity index (χ0) is 13.7. The van der Waals surface area contributed by atoms with Gasteiger partial charge in [0.1, 0.15) is 6.04 Å². The van der Waals surface area contributed by atoms with Crippen molar-refractivity contribution in [1.29, 1.82) is 0 Å². The van der Waals surface area contributed by atoms with Crippen LogP contribution >= 0.6 is 11.8 Å². The van der Waals surface area contributed by atoms with Crippen LogP contribution in [0, 0.1) is 0 Å². The van der Waals surface area contributed by atoms with Gasteiger partial charge in [-0.1, -0.05) is 30.3 Å². The zero-order valence-electron chi connectivity index (χ0n) is 11.0. The summed E-state index contributed by atoms with van der Waals surface area (Å²) >= 11 is 1.68. The van der Waals surface area contributed by atoms with Gasteiger partial charge in [-0.2, -0.15) is 11.8 Å². The van der Waals surface area contributed by atoms with Crippen LogP contribution in [0.3, 0.4) is 0 Å². The van der Waals surface area contributed by atoms with Crippen molar-refractivity contribution in [3.63, 3.8) is 0 Å². The lowest BCUT2D eigenvalue weighted by Gasteiger charge is -2.32. The fraction of sp³-hybridized carbons (Fsp3) is 0.429. The summed E-state index contributed by atoms with van der Waals surface area (Å²) in [5.41, 5.74) is 1.05. The van der Waals surface area contributed by atoms with Gasteiger partial charge in [0.25, 0.3) is 0 Å². The molecule has 5 heteroatoms. The minimum absolute atomic E-state index is 0.0255. The van der Waals surface area contributed by atoms with Crippen LogP contribution in [0.1, 0.15) is 12.0 Å². The number of amides is 2. The van der Waals surface area contributed by atoms with Crippen LogP contribution in [0.15, 0.2) is 30.3 Å². The van der Waals surface area contributed by atoms with Crippen molar-refractivity contribution in [2.75, 3.05) is 18.6 Å². The van der Waals surface area contributed by atoms with Crippen LogP contribution in [0.2, 0.25) is 0 Å². The largest absolute Gasteiger partial charge is 0.343 e. The summed E-state index contributed by atoms with van der Waals surface area (Å²) in [6.45, 7) is 0.659. The third-order valence-corrected chi connectivity index (χ3v) is 3.75. The molecule has 1 heterocycles. The summed E-state index contributed by atoms with van der Waals surface area (Å²) in [4.78, 5) is 25.6. The van der Waals surface area contributed by atoms with Crippen LogP contribution in [0.4, 0.5) is 0 Å². The fourth-order valence-electron chi connectivity index (χ4n) is 2.14. The van der Waals surface area contributed by atoms with Crippen molar-refractivity contribution in [2.24, 2.45) is 0 Å². The number of hydrogen-bond donors (Lipinski definition) is 1. The molecule has 1 aromatic carbocycles. The Morgan fingerprint density at radius 3 is 2.74 bits per heavy atom. The average molecular weight is 278 g/mol. The molecule has 0 radical (unpaired) electrons. The van der Waals surface area contributed by atoms with Gasteiger partial charge in [0.05, 0.1) is 6.54 Å². The molecular formula is C14H18N2O2S. The number of thioether (sulfide) groups is 1. The quantitative estimate of drug-likeness (QED) is 0.882. The second-order valence-corrected chi connectivity index (χ2v) is 5.57. The smallest absolute Gasteiger partial charge is 0.245 e. The molecule has 102 valence electrons. The molecule has 1 aliphatic heterocycles. The van der Waals surface area contributed by atoms with Gasteiger partial charge in [0.2, 0.25) is 11.8 Å². The van der Waals surface area contributed by atoms with Crippen molar-refractivity contribution in [3.05, 3.63) is 35.9 Å². The van der Waals surface area contributed by atoms with Gasteiger partial charge in [-0.15, -0.1) is 0 Å². The Hall–Kier alpha value is -1.49. The molecule has 0 bridgehead atoms. The first kappa shape index (κ1) is 13.9. The van der Waals surface area contributed by atoms with Crippen LogP contribution in [0.25, 0.3) is 0 Å². The minimum atomic E-state index is -0.364. The highest BCUT2D eigenvalue weighted by Crippen LogP contribution is 2.12. The number of carbonyl (C=O) groups is 2. The van der Waals surface area contributed by atoms with Crippen molar-refractivity contribution >= 4 is 23.6 Å². The average Bonchev–Trinajstić information content (AvgIpc) is 2.42. The van der Waals surface area contributed by atoms with E-state index in [1.165, 1.54) is 0 Å². The van der Waals surface area contributed by atoms with E-state index in [0.717, 1.165) is 11.3 Å². The van der Waals surface area contributed by atoms with Crippen molar-refractivity contribution < 1.29 is 9.59 Å². The molecule has 1 fully saturated rings. The molecule has 2 amide bonds. The second kappa shape index (κ2) is 6.61. The summed E-state index contributed by atoms with van der Waals surface area (Å²) < 4.78 is 0. The van der Waals surface area contributed by atoms with Gasteiger partial charge in [-0.3, -0.25) is 9.59 Å². The van der Waals surface area contributed by atoms with Crippen LogP contribution < -0.4 is 5.32 Å². The lowest BCUT2D eigenvalue weighted by Crippen LogP contribution is -2.57. The molecule has 1 aliphatic rings. The molecule has 0 saturated carbocycles. The normalized spacial score (nSPS) is 19.4. The SMILES string of the molecule is CSCC[C@@H]1NC(=O)CN(Cc2ccccc2)C1=O. The third kappa shape index (κ3) is 3.73. The lowest BCUT2D eigenvalue weighted by molar-refractivity contribution is -0.144. The van der Waals surface area contributed by atoms with E-state index in [1.807, 2.05) is 36.6 Å². The Balaban J connectivity index is 2.03. The van der Waals surface area contributed by atoms with Gasteiger partial charge in [0, 0.05) is 6.54 Å². The molecular weight excluding hydrogens is 260 g/mol. The number of benzene rings is 1. The predicted molar refractivity (Wildman–Crippen MR) is 76.8 cm³/mol. The minimum Gasteiger partial charge on any atom is -0.343 e. The summed E-state index contributed by atoms with van der Waals surface area (Å²) in [7, 11) is 0. The van der Waals surface area contributed by atoms with E-state index in [4.69, 9.17) is 0 Å². The van der Waals surface area contributed by atoms with E-state index in [1.54, 1.807) is 16.7 Å². The van der Waals surface area contributed by atoms with Crippen LogP contribution in [-0.2, 0) is 16.1 Å². The van der Waals surface area contributed by atoms with E-state index in [2.05, 4.69) is 5.32 Å². The molecule has 0 spiro atoms. The summed E-state index contributed by atoms with van der Waals surface area (Å²) in [6, 6.07) is 9.39. The van der Waals surface area contributed by atoms with E-state index in [-0.39, 0.29) is 24.4 Å². The van der Waals surface area contributed by atoms with Gasteiger partial charge >= 0.3 is 0 Å². The zero-order valence-corrected chi connectivity index (χ0v) is 11.8. The topological polar surface area (TPSA) is 49.4 Å². The van der Waals surface area contributed by atoms with Gasteiger partial charge in [0.15, 0.2) is 0 Å². The first-order valence-corrected chi connectivity index (χ1v) is 7.71. The number of rotatable bonds is 5. The Bertz CT molecular complexity index is 450. The molecule has 1 aromatic rings. The van der Waals surface area contributed by atoms with Crippen LogP contribution in [-0.4, -0.2) is 41.3 Å². The summed E-state index contributed by atoms with van der Waals surface area (Å²) in [5, 5.41) is 2.77. The molecule has 4 nitrogen and oxygen atoms in total. The van der Waals surface area contributed by atoms with E-state index in [9.17, 15) is 9.59 Å². The first-order chi connectivity index (χ1) is 9.20. The second-order valence-electron chi connectivity index (χ2n) is 4.58. The van der Waals surface area contributed by atoms with E-state index in [0.29, 0.717) is 13.0 Å². The maximum Gasteiger partial charge on any atom is 0.245 e. The highest BCUT2D eigenvalue weighted by Gasteiger charge is 2.31. The first-order valence-electron chi connectivity index (χ1n) is 6.31. The van der Waals surface area contributed by atoms with Crippen LogP contribution in [0.5, 0.6) is 0 Å². The molecule has 1 N–H and O–H groups in total. The number of carbonyl (C=O) groups excluding carboxylic acids is 2. The summed E-state index contributed by atoms with van der Waals surface area (Å²) in [6.07, 6.45) is 2.69. The number of piperazine rings is 1. The highest BCUT2D eigenvalue weighted by atomic mass is 32.2. The van der Waals surface area contributed by atoms with Gasteiger partial charge in [-0.05, 0) is 24.0 Å². The molecule has 2 rings (SSSR count). The Labute approximate surface area is 117 Å². The Kier molecular flexibility index (Phi) is 4.85. The number of nitrogens with one attached hydrogen (secondary N) is 1. The van der Waals surface area contributed by atoms with Crippen molar-refractivity contribution in [2.45, 2.75) is 19.0 Å². The standard InChI is InChI=1S/C14H18N2O2S/c1-19-8-7-12-14(18)16(10-13(17)15-12)9-11-5-3-2-4-6-11/h2-6,12H,7-10H2,1H3,(H,15,17)/t12-/m0/s1. The Morgan fingerprint density at radius 1 is 1.32 bits per heavy atom. The molecule has 1 saturated heterocycles. The monoisotopic (exact) mass is 278 g/mol.